The molecule has 1 saturated heterocycles. The molecule has 3 nitrogen and oxygen atoms in total. The molecule has 2 rings (SSSR count). The summed E-state index contributed by atoms with van der Waals surface area (Å²) in [4.78, 5) is 2.53. The zero-order valence-corrected chi connectivity index (χ0v) is 12.1. The van der Waals surface area contributed by atoms with E-state index < -0.39 is 0 Å². The van der Waals surface area contributed by atoms with Crippen molar-refractivity contribution in [2.45, 2.75) is 45.2 Å². The van der Waals surface area contributed by atoms with Crippen molar-refractivity contribution in [3.8, 4) is 5.75 Å². The predicted octanol–water partition coefficient (Wildman–Crippen LogP) is 2.58. The molecule has 1 aliphatic heterocycles. The van der Waals surface area contributed by atoms with E-state index in [1.807, 2.05) is 12.1 Å². The fourth-order valence-electron chi connectivity index (χ4n) is 2.75. The molecule has 0 bridgehead atoms. The van der Waals surface area contributed by atoms with Crippen LogP contribution in [0.25, 0.3) is 0 Å². The molecular formula is C16H26N2O. The number of aryl methyl sites for hydroxylation is 1. The summed E-state index contributed by atoms with van der Waals surface area (Å²) in [7, 11) is 0. The molecule has 0 aromatic heterocycles. The van der Waals surface area contributed by atoms with Crippen LogP contribution in [0.3, 0.4) is 0 Å². The quantitative estimate of drug-likeness (QED) is 0.829. The molecule has 2 unspecified atom stereocenters. The van der Waals surface area contributed by atoms with Crippen LogP contribution in [0.4, 0.5) is 0 Å². The van der Waals surface area contributed by atoms with Crippen molar-refractivity contribution in [3.63, 3.8) is 0 Å². The molecule has 1 fully saturated rings. The highest BCUT2D eigenvalue weighted by atomic mass is 16.5. The lowest BCUT2D eigenvalue weighted by Crippen LogP contribution is -2.46. The topological polar surface area (TPSA) is 38.5 Å². The maximum Gasteiger partial charge on any atom is 0.119 e. The number of hydrogen-bond donors (Lipinski definition) is 1. The number of ether oxygens (including phenoxy) is 1. The van der Waals surface area contributed by atoms with Gasteiger partial charge in [-0.15, -0.1) is 0 Å². The first-order valence-corrected chi connectivity index (χ1v) is 7.34. The van der Waals surface area contributed by atoms with Crippen LogP contribution < -0.4 is 10.5 Å². The van der Waals surface area contributed by atoms with E-state index in [2.05, 4.69) is 30.9 Å². The monoisotopic (exact) mass is 262 g/mol. The van der Waals surface area contributed by atoms with Gasteiger partial charge in [0.2, 0.25) is 0 Å². The van der Waals surface area contributed by atoms with Crippen LogP contribution in [0.15, 0.2) is 24.3 Å². The zero-order valence-electron chi connectivity index (χ0n) is 12.1. The van der Waals surface area contributed by atoms with Crippen LogP contribution in [-0.2, 0) is 0 Å². The molecule has 0 spiro atoms. The summed E-state index contributed by atoms with van der Waals surface area (Å²) in [6.45, 7) is 7.40. The van der Waals surface area contributed by atoms with Gasteiger partial charge in [-0.3, -0.25) is 0 Å². The third-order valence-electron chi connectivity index (χ3n) is 3.90. The van der Waals surface area contributed by atoms with Crippen molar-refractivity contribution in [1.29, 1.82) is 0 Å². The normalized spacial score (nSPS) is 24.4. The zero-order chi connectivity index (χ0) is 13.7. The first-order chi connectivity index (χ1) is 9.15. The number of hydrogen-bond acceptors (Lipinski definition) is 3. The Labute approximate surface area is 116 Å². The predicted molar refractivity (Wildman–Crippen MR) is 79.5 cm³/mol. The number of nitrogens with zero attached hydrogens (tertiary/aromatic N) is 1. The van der Waals surface area contributed by atoms with E-state index in [0.717, 1.165) is 44.7 Å². The van der Waals surface area contributed by atoms with Crippen molar-refractivity contribution in [3.05, 3.63) is 29.8 Å². The van der Waals surface area contributed by atoms with Gasteiger partial charge < -0.3 is 15.4 Å². The van der Waals surface area contributed by atoms with Gasteiger partial charge in [0.1, 0.15) is 5.75 Å². The maximum atomic E-state index is 5.98. The van der Waals surface area contributed by atoms with Crippen LogP contribution in [0.5, 0.6) is 5.75 Å². The summed E-state index contributed by atoms with van der Waals surface area (Å²) in [5.41, 5.74) is 7.23. The number of piperidine rings is 1. The summed E-state index contributed by atoms with van der Waals surface area (Å²) in [5.74, 6) is 0.980. The van der Waals surface area contributed by atoms with Crippen molar-refractivity contribution in [1.82, 2.24) is 4.90 Å². The number of likely N-dealkylation sites (tertiary alicyclic amines) is 1. The van der Waals surface area contributed by atoms with Gasteiger partial charge in [-0.05, 0) is 57.4 Å². The highest BCUT2D eigenvalue weighted by Crippen LogP contribution is 2.16. The molecule has 106 valence electrons. The maximum absolute atomic E-state index is 5.98. The summed E-state index contributed by atoms with van der Waals surface area (Å²) in [6.07, 6.45) is 3.33. The highest BCUT2D eigenvalue weighted by Gasteiger charge is 2.22. The van der Waals surface area contributed by atoms with Gasteiger partial charge in [0.15, 0.2) is 0 Å². The molecule has 19 heavy (non-hydrogen) atoms. The van der Waals surface area contributed by atoms with Crippen LogP contribution in [0, 0.1) is 6.92 Å². The van der Waals surface area contributed by atoms with E-state index in [1.54, 1.807) is 0 Å². The Morgan fingerprint density at radius 1 is 1.42 bits per heavy atom. The minimum atomic E-state index is 0.398. The highest BCUT2D eigenvalue weighted by molar-refractivity contribution is 5.27. The van der Waals surface area contributed by atoms with Crippen molar-refractivity contribution in [2.24, 2.45) is 5.73 Å². The summed E-state index contributed by atoms with van der Waals surface area (Å²) in [6, 6.07) is 9.25. The molecule has 0 radical (unpaired) electrons. The molecule has 1 heterocycles. The number of benzene rings is 1. The Balaban J connectivity index is 1.67. The van der Waals surface area contributed by atoms with Gasteiger partial charge in [-0.1, -0.05) is 12.1 Å². The fourth-order valence-corrected chi connectivity index (χ4v) is 2.75. The minimum absolute atomic E-state index is 0.398. The van der Waals surface area contributed by atoms with Gasteiger partial charge in [-0.25, -0.2) is 0 Å². The minimum Gasteiger partial charge on any atom is -0.494 e. The Hall–Kier alpha value is -1.06. The second-order valence-corrected chi connectivity index (χ2v) is 5.69. The number of nitrogens with two attached hydrogens (primary N) is 1. The molecule has 2 atom stereocenters. The smallest absolute Gasteiger partial charge is 0.119 e. The summed E-state index contributed by atoms with van der Waals surface area (Å²) < 4.78 is 5.78. The van der Waals surface area contributed by atoms with E-state index in [-0.39, 0.29) is 0 Å². The first kappa shape index (κ1) is 14.4. The van der Waals surface area contributed by atoms with Gasteiger partial charge in [0.05, 0.1) is 6.61 Å². The van der Waals surface area contributed by atoms with Crippen LogP contribution in [0.1, 0.15) is 31.7 Å². The standard InChI is InChI=1S/C16H26N2O/c1-13-5-3-6-16(11-13)19-10-4-8-18-9-7-15(17)12-14(18)2/h3,5-6,11,14-15H,4,7-10,12,17H2,1-2H3. The second kappa shape index (κ2) is 6.92. The molecular weight excluding hydrogens is 236 g/mol. The van der Waals surface area contributed by atoms with E-state index >= 15 is 0 Å². The third kappa shape index (κ3) is 4.51. The fraction of sp³-hybridized carbons (Fsp3) is 0.625. The van der Waals surface area contributed by atoms with Crippen LogP contribution in [-0.4, -0.2) is 36.7 Å². The van der Waals surface area contributed by atoms with Crippen molar-refractivity contribution < 1.29 is 4.74 Å². The molecule has 1 aliphatic rings. The lowest BCUT2D eigenvalue weighted by Gasteiger charge is -2.36. The van der Waals surface area contributed by atoms with Gasteiger partial charge in [0.25, 0.3) is 0 Å². The van der Waals surface area contributed by atoms with Gasteiger partial charge in [0, 0.05) is 18.6 Å². The van der Waals surface area contributed by atoms with Crippen molar-refractivity contribution in [2.75, 3.05) is 19.7 Å². The van der Waals surface area contributed by atoms with Crippen LogP contribution >= 0.6 is 0 Å². The Morgan fingerprint density at radius 2 is 2.26 bits per heavy atom. The Morgan fingerprint density at radius 3 is 3.00 bits per heavy atom. The van der Waals surface area contributed by atoms with Gasteiger partial charge in [-0.2, -0.15) is 0 Å². The third-order valence-corrected chi connectivity index (χ3v) is 3.90. The lowest BCUT2D eigenvalue weighted by atomic mass is 9.99. The van der Waals surface area contributed by atoms with E-state index in [4.69, 9.17) is 10.5 Å². The largest absolute Gasteiger partial charge is 0.494 e. The first-order valence-electron chi connectivity index (χ1n) is 7.34. The van der Waals surface area contributed by atoms with E-state index in [0.29, 0.717) is 12.1 Å². The summed E-state index contributed by atoms with van der Waals surface area (Å²) >= 11 is 0. The average molecular weight is 262 g/mol. The molecule has 0 amide bonds. The van der Waals surface area contributed by atoms with Crippen LogP contribution in [0.2, 0.25) is 0 Å². The second-order valence-electron chi connectivity index (χ2n) is 5.69. The molecule has 0 saturated carbocycles. The lowest BCUT2D eigenvalue weighted by molar-refractivity contribution is 0.137. The Bertz CT molecular complexity index is 394. The molecule has 3 heteroatoms. The SMILES string of the molecule is Cc1cccc(OCCCN2CCC(N)CC2C)c1. The molecule has 2 N–H and O–H groups in total. The average Bonchev–Trinajstić information content (AvgIpc) is 2.37. The van der Waals surface area contributed by atoms with Crippen molar-refractivity contribution >= 4 is 0 Å². The Kier molecular flexibility index (Phi) is 5.23. The van der Waals surface area contributed by atoms with E-state index in [1.165, 1.54) is 5.56 Å². The molecule has 0 aliphatic carbocycles. The molecule has 1 aromatic carbocycles. The number of rotatable bonds is 5. The molecule has 1 aromatic rings. The van der Waals surface area contributed by atoms with Gasteiger partial charge >= 0.3 is 0 Å². The van der Waals surface area contributed by atoms with E-state index in [9.17, 15) is 0 Å². The summed E-state index contributed by atoms with van der Waals surface area (Å²) in [5, 5.41) is 0.